The van der Waals surface area contributed by atoms with E-state index in [9.17, 15) is 22.4 Å². The Morgan fingerprint density at radius 2 is 1.77 bits per heavy atom. The first-order valence-electron chi connectivity index (χ1n) is 9.98. The van der Waals surface area contributed by atoms with Gasteiger partial charge in [-0.1, -0.05) is 32.0 Å². The second kappa shape index (κ2) is 9.37. The lowest BCUT2D eigenvalue weighted by Crippen LogP contribution is -2.34. The van der Waals surface area contributed by atoms with Crippen molar-refractivity contribution in [3.63, 3.8) is 0 Å². The number of carbonyl (C=O) groups is 1. The number of benzene rings is 2. The van der Waals surface area contributed by atoms with Gasteiger partial charge in [-0.05, 0) is 53.9 Å². The molecule has 3 nitrogen and oxygen atoms in total. The molecule has 3 rings (SSSR count). The number of rotatable bonds is 7. The summed E-state index contributed by atoms with van der Waals surface area (Å²) in [5.41, 5.74) is 0.735. The maximum atomic E-state index is 13.5. The predicted octanol–water partition coefficient (Wildman–Crippen LogP) is 5.99. The van der Waals surface area contributed by atoms with Crippen LogP contribution in [-0.4, -0.2) is 21.9 Å². The predicted molar refractivity (Wildman–Crippen MR) is 111 cm³/mol. The summed E-state index contributed by atoms with van der Waals surface area (Å²) in [7, 11) is 0. The molecule has 31 heavy (non-hydrogen) atoms. The van der Waals surface area contributed by atoms with Crippen LogP contribution in [0.25, 0.3) is 0 Å². The molecule has 0 aliphatic rings. The van der Waals surface area contributed by atoms with Crippen molar-refractivity contribution >= 4 is 5.91 Å². The molecule has 0 aliphatic heterocycles. The largest absolute Gasteiger partial charge is 0.416 e. The van der Waals surface area contributed by atoms with Crippen LogP contribution < -0.4 is 0 Å². The summed E-state index contributed by atoms with van der Waals surface area (Å²) in [6.07, 6.45) is -2.68. The van der Waals surface area contributed by atoms with Crippen LogP contribution in [0.4, 0.5) is 17.6 Å². The Bertz CT molecular complexity index is 1040. The molecule has 1 aromatic heterocycles. The molecule has 3 aromatic rings. The summed E-state index contributed by atoms with van der Waals surface area (Å²) in [5.74, 6) is -0.660. The lowest BCUT2D eigenvalue weighted by molar-refractivity contribution is -0.137. The molecule has 0 unspecified atom stereocenters. The summed E-state index contributed by atoms with van der Waals surface area (Å²) < 4.78 is 54.7. The first-order valence-corrected chi connectivity index (χ1v) is 9.98. The van der Waals surface area contributed by atoms with Gasteiger partial charge in [0.15, 0.2) is 0 Å². The molecule has 0 N–H and O–H groups in total. The zero-order valence-corrected chi connectivity index (χ0v) is 17.4. The minimum atomic E-state index is -4.52. The van der Waals surface area contributed by atoms with Gasteiger partial charge in [-0.2, -0.15) is 13.2 Å². The third-order valence-electron chi connectivity index (χ3n) is 4.83. The summed E-state index contributed by atoms with van der Waals surface area (Å²) >= 11 is 0. The summed E-state index contributed by atoms with van der Waals surface area (Å²) in [6.45, 7) is 4.93. The van der Waals surface area contributed by atoms with Crippen LogP contribution >= 0.6 is 0 Å². The van der Waals surface area contributed by atoms with Crippen LogP contribution in [0.15, 0.2) is 66.9 Å². The van der Waals surface area contributed by atoms with Gasteiger partial charge in [-0.25, -0.2) is 4.39 Å². The Hall–Kier alpha value is -3.09. The number of halogens is 4. The van der Waals surface area contributed by atoms with Gasteiger partial charge < -0.3 is 9.47 Å². The molecule has 1 heterocycles. The van der Waals surface area contributed by atoms with Crippen LogP contribution in [0.5, 0.6) is 0 Å². The van der Waals surface area contributed by atoms with E-state index in [4.69, 9.17) is 0 Å². The van der Waals surface area contributed by atoms with Gasteiger partial charge in [-0.3, -0.25) is 4.79 Å². The minimum absolute atomic E-state index is 0.00119. The van der Waals surface area contributed by atoms with E-state index >= 15 is 0 Å². The van der Waals surface area contributed by atoms with E-state index in [-0.39, 0.29) is 23.8 Å². The molecule has 0 spiro atoms. The van der Waals surface area contributed by atoms with E-state index in [0.29, 0.717) is 13.1 Å². The number of nitrogens with zero attached hydrogens (tertiary/aromatic N) is 2. The van der Waals surface area contributed by atoms with E-state index in [1.54, 1.807) is 11.0 Å². The van der Waals surface area contributed by atoms with Crippen molar-refractivity contribution in [3.8, 4) is 0 Å². The summed E-state index contributed by atoms with van der Waals surface area (Å²) in [5, 5.41) is 0. The molecular weight excluding hydrogens is 408 g/mol. The number of amides is 1. The number of hydrogen-bond acceptors (Lipinski definition) is 1. The van der Waals surface area contributed by atoms with Gasteiger partial charge in [0, 0.05) is 30.5 Å². The van der Waals surface area contributed by atoms with Crippen molar-refractivity contribution < 1.29 is 22.4 Å². The molecule has 0 saturated carbocycles. The molecule has 0 atom stereocenters. The Morgan fingerprint density at radius 3 is 2.45 bits per heavy atom. The third kappa shape index (κ3) is 5.96. The Morgan fingerprint density at radius 1 is 1.03 bits per heavy atom. The second-order valence-corrected chi connectivity index (χ2v) is 7.92. The Labute approximate surface area is 178 Å². The molecule has 0 saturated heterocycles. The highest BCUT2D eigenvalue weighted by Gasteiger charge is 2.31. The fraction of sp³-hybridized carbons (Fsp3) is 0.292. The van der Waals surface area contributed by atoms with Gasteiger partial charge in [0.2, 0.25) is 0 Å². The molecule has 0 fully saturated rings. The number of carbonyl (C=O) groups excluding carboxylic acids is 1. The van der Waals surface area contributed by atoms with Crippen LogP contribution in [-0.2, 0) is 19.3 Å². The van der Waals surface area contributed by atoms with E-state index in [2.05, 4.69) is 0 Å². The molecular formula is C24H24F4N2O. The van der Waals surface area contributed by atoms with Crippen LogP contribution in [0.1, 0.15) is 41.0 Å². The fourth-order valence-corrected chi connectivity index (χ4v) is 3.45. The van der Waals surface area contributed by atoms with Crippen LogP contribution in [0.3, 0.4) is 0 Å². The smallest absolute Gasteiger partial charge is 0.345 e. The second-order valence-electron chi connectivity index (χ2n) is 7.92. The maximum Gasteiger partial charge on any atom is 0.416 e. The van der Waals surface area contributed by atoms with E-state index in [1.165, 1.54) is 24.3 Å². The topological polar surface area (TPSA) is 25.2 Å². The quantitative estimate of drug-likeness (QED) is 0.421. The van der Waals surface area contributed by atoms with Crippen LogP contribution in [0, 0.1) is 11.7 Å². The SMILES string of the molecule is CC(C)CN(Cc1cccn1Cc1cccc(F)c1)C(=O)c1cccc(C(F)(F)F)c1. The van der Waals surface area contributed by atoms with E-state index in [1.807, 2.05) is 42.8 Å². The van der Waals surface area contributed by atoms with Gasteiger partial charge in [0.1, 0.15) is 5.82 Å². The Balaban J connectivity index is 1.85. The molecule has 1 amide bonds. The zero-order chi connectivity index (χ0) is 22.6. The normalized spacial score (nSPS) is 11.7. The summed E-state index contributed by atoms with van der Waals surface area (Å²) in [6, 6.07) is 14.4. The standard InChI is InChI=1S/C24H24F4N2O/c1-17(2)14-30(23(31)19-7-4-8-20(13-19)24(26,27)28)16-22-10-5-11-29(22)15-18-6-3-9-21(25)12-18/h3-13,17H,14-16H2,1-2H3. The molecule has 2 aromatic carbocycles. The molecule has 0 aliphatic carbocycles. The Kier molecular flexibility index (Phi) is 6.83. The highest BCUT2D eigenvalue weighted by Crippen LogP contribution is 2.30. The maximum absolute atomic E-state index is 13.5. The highest BCUT2D eigenvalue weighted by atomic mass is 19.4. The van der Waals surface area contributed by atoms with Crippen molar-refractivity contribution in [1.82, 2.24) is 9.47 Å². The highest BCUT2D eigenvalue weighted by molar-refractivity contribution is 5.94. The molecule has 0 radical (unpaired) electrons. The fourth-order valence-electron chi connectivity index (χ4n) is 3.45. The molecule has 164 valence electrons. The lowest BCUT2D eigenvalue weighted by atomic mass is 10.1. The minimum Gasteiger partial charge on any atom is -0.345 e. The third-order valence-corrected chi connectivity index (χ3v) is 4.83. The van der Waals surface area contributed by atoms with Gasteiger partial charge >= 0.3 is 6.18 Å². The average Bonchev–Trinajstić information content (AvgIpc) is 3.12. The van der Waals surface area contributed by atoms with Crippen molar-refractivity contribution in [2.45, 2.75) is 33.1 Å². The molecule has 0 bridgehead atoms. The number of alkyl halides is 3. The van der Waals surface area contributed by atoms with Crippen molar-refractivity contribution in [2.75, 3.05) is 6.54 Å². The van der Waals surface area contributed by atoms with E-state index in [0.717, 1.165) is 23.4 Å². The number of hydrogen-bond donors (Lipinski definition) is 0. The van der Waals surface area contributed by atoms with Gasteiger partial charge in [-0.15, -0.1) is 0 Å². The molecule has 7 heteroatoms. The number of aromatic nitrogens is 1. The van der Waals surface area contributed by atoms with Crippen molar-refractivity contribution in [2.24, 2.45) is 5.92 Å². The van der Waals surface area contributed by atoms with E-state index < -0.39 is 17.6 Å². The van der Waals surface area contributed by atoms with Crippen molar-refractivity contribution in [1.29, 1.82) is 0 Å². The van der Waals surface area contributed by atoms with Crippen molar-refractivity contribution in [3.05, 3.63) is 95.1 Å². The zero-order valence-electron chi connectivity index (χ0n) is 17.4. The summed E-state index contributed by atoms with van der Waals surface area (Å²) in [4.78, 5) is 14.7. The lowest BCUT2D eigenvalue weighted by Gasteiger charge is -2.26. The first kappa shape index (κ1) is 22.6. The first-order chi connectivity index (χ1) is 14.6. The monoisotopic (exact) mass is 432 g/mol. The van der Waals surface area contributed by atoms with Gasteiger partial charge in [0.05, 0.1) is 12.1 Å². The average molecular weight is 432 g/mol. The van der Waals surface area contributed by atoms with Gasteiger partial charge in [0.25, 0.3) is 5.91 Å². The van der Waals surface area contributed by atoms with Crippen LogP contribution in [0.2, 0.25) is 0 Å².